The summed E-state index contributed by atoms with van der Waals surface area (Å²) < 4.78 is 0. The van der Waals surface area contributed by atoms with Crippen LogP contribution in [0.15, 0.2) is 0 Å². The molecule has 0 aliphatic heterocycles. The Hall–Kier alpha value is 0.0649. The molecule has 1 heteroatoms. The molecule has 0 nitrogen and oxygen atoms in total. The van der Waals surface area contributed by atoms with Crippen LogP contribution in [-0.2, 0) is 0 Å². The molecule has 1 radical (unpaired) electrons. The maximum absolute atomic E-state index is 2.28. The fourth-order valence-corrected chi connectivity index (χ4v) is 1.18. The predicted octanol–water partition coefficient (Wildman–Crippen LogP) is 2.35. The van der Waals surface area contributed by atoms with Gasteiger partial charge in [0.1, 0.15) is 7.28 Å². The number of hydrogen-bond acceptors (Lipinski definition) is 0. The Morgan fingerprint density at radius 2 is 2.25 bits per heavy atom. The zero-order chi connectivity index (χ0) is 5.82. The van der Waals surface area contributed by atoms with Gasteiger partial charge >= 0.3 is 0 Å². The summed E-state index contributed by atoms with van der Waals surface area (Å²) in [4.78, 5) is 0. The van der Waals surface area contributed by atoms with Gasteiger partial charge in [-0.3, -0.25) is 0 Å². The molecule has 0 amide bonds. The highest BCUT2D eigenvalue weighted by Crippen LogP contribution is 2.30. The van der Waals surface area contributed by atoms with Crippen molar-refractivity contribution in [2.75, 3.05) is 0 Å². The molecule has 1 aliphatic rings. The second-order valence-corrected chi connectivity index (χ2v) is 2.78. The van der Waals surface area contributed by atoms with E-state index in [-0.39, 0.29) is 0 Å². The van der Waals surface area contributed by atoms with Crippen LogP contribution in [0.5, 0.6) is 0 Å². The summed E-state index contributed by atoms with van der Waals surface area (Å²) in [6.45, 7) is 2.15. The lowest BCUT2D eigenvalue weighted by Crippen LogP contribution is -2.10. The first kappa shape index (κ1) is 6.19. The van der Waals surface area contributed by atoms with Crippen LogP contribution < -0.4 is 0 Å². The largest absolute Gasteiger partial charge is 0.105 e. The van der Waals surface area contributed by atoms with Gasteiger partial charge in [-0.2, -0.15) is 0 Å². The van der Waals surface area contributed by atoms with E-state index in [1.807, 2.05) is 0 Å². The van der Waals surface area contributed by atoms with Crippen LogP contribution >= 0.6 is 0 Å². The minimum atomic E-state index is 1.10. The van der Waals surface area contributed by atoms with Crippen molar-refractivity contribution in [1.82, 2.24) is 0 Å². The molecule has 1 saturated carbocycles. The third kappa shape index (κ3) is 1.54. The van der Waals surface area contributed by atoms with Crippen molar-refractivity contribution in [2.45, 2.75) is 38.8 Å². The lowest BCUT2D eigenvalue weighted by Gasteiger charge is -2.24. The highest BCUT2D eigenvalue weighted by Gasteiger charge is 2.15. The Labute approximate surface area is 52.9 Å². The maximum Gasteiger partial charge on any atom is 0.105 e. The summed E-state index contributed by atoms with van der Waals surface area (Å²) in [5.41, 5.74) is 0. The van der Waals surface area contributed by atoms with Crippen LogP contribution in [-0.4, -0.2) is 7.28 Å². The summed E-state index contributed by atoms with van der Waals surface area (Å²) in [6, 6.07) is 0. The smallest absolute Gasteiger partial charge is 0.0920 e. The SMILES string of the molecule is C[B]CCC1CCC1. The second-order valence-electron chi connectivity index (χ2n) is 2.78. The lowest BCUT2D eigenvalue weighted by atomic mass is 9.71. The average Bonchev–Trinajstić information content (AvgIpc) is 1.63. The first-order chi connectivity index (χ1) is 3.93. The monoisotopic (exact) mass is 109 g/mol. The average molecular weight is 109 g/mol. The fourth-order valence-electron chi connectivity index (χ4n) is 1.18. The molecule has 0 spiro atoms. The van der Waals surface area contributed by atoms with Gasteiger partial charge in [0.25, 0.3) is 0 Å². The van der Waals surface area contributed by atoms with Crippen LogP contribution in [0.4, 0.5) is 0 Å². The molecule has 0 saturated heterocycles. The van der Waals surface area contributed by atoms with Crippen LogP contribution in [0.25, 0.3) is 0 Å². The lowest BCUT2D eigenvalue weighted by molar-refractivity contribution is 0.307. The molecule has 0 aromatic rings. The summed E-state index contributed by atoms with van der Waals surface area (Å²) in [5, 5.41) is 0. The van der Waals surface area contributed by atoms with E-state index in [4.69, 9.17) is 0 Å². The Kier molecular flexibility index (Phi) is 2.45. The summed E-state index contributed by atoms with van der Waals surface area (Å²) in [7, 11) is 2.28. The van der Waals surface area contributed by atoms with Crippen molar-refractivity contribution < 1.29 is 0 Å². The molecule has 0 unspecified atom stereocenters. The summed E-state index contributed by atoms with van der Waals surface area (Å²) in [6.07, 6.45) is 7.30. The van der Waals surface area contributed by atoms with Gasteiger partial charge in [-0.05, 0) is 5.92 Å². The molecule has 0 aromatic carbocycles. The van der Waals surface area contributed by atoms with Gasteiger partial charge in [0, 0.05) is 0 Å². The van der Waals surface area contributed by atoms with Crippen molar-refractivity contribution in [3.05, 3.63) is 0 Å². The van der Waals surface area contributed by atoms with Crippen molar-refractivity contribution in [1.29, 1.82) is 0 Å². The zero-order valence-corrected chi connectivity index (χ0v) is 5.69. The van der Waals surface area contributed by atoms with E-state index in [9.17, 15) is 0 Å². The Balaban J connectivity index is 1.86. The van der Waals surface area contributed by atoms with E-state index in [1.54, 1.807) is 0 Å². The third-order valence-electron chi connectivity index (χ3n) is 2.09. The standard InChI is InChI=1S/C7H14B/c1-8-6-5-7-3-2-4-7/h7H,2-6H2,1H3. The molecule has 1 rings (SSSR count). The van der Waals surface area contributed by atoms with Crippen LogP contribution in [0.2, 0.25) is 13.1 Å². The van der Waals surface area contributed by atoms with E-state index in [0.717, 1.165) is 5.92 Å². The molecule has 0 aromatic heterocycles. The molecule has 0 N–H and O–H groups in total. The van der Waals surface area contributed by atoms with Gasteiger partial charge in [0.05, 0.1) is 0 Å². The quantitative estimate of drug-likeness (QED) is 0.488. The Morgan fingerprint density at radius 3 is 2.62 bits per heavy atom. The van der Waals surface area contributed by atoms with Gasteiger partial charge in [-0.25, -0.2) is 0 Å². The minimum Gasteiger partial charge on any atom is -0.0920 e. The minimum absolute atomic E-state index is 1.10. The summed E-state index contributed by atoms with van der Waals surface area (Å²) >= 11 is 0. The maximum atomic E-state index is 2.28. The second kappa shape index (κ2) is 3.16. The van der Waals surface area contributed by atoms with Gasteiger partial charge in [0.15, 0.2) is 0 Å². The van der Waals surface area contributed by atoms with E-state index in [2.05, 4.69) is 14.1 Å². The van der Waals surface area contributed by atoms with Crippen molar-refractivity contribution in [3.63, 3.8) is 0 Å². The van der Waals surface area contributed by atoms with Crippen LogP contribution in [0.3, 0.4) is 0 Å². The molecule has 1 aliphatic carbocycles. The first-order valence-electron chi connectivity index (χ1n) is 3.71. The molecular formula is C7H14B. The topological polar surface area (TPSA) is 0 Å². The molecule has 0 bridgehead atoms. The first-order valence-corrected chi connectivity index (χ1v) is 3.71. The molecule has 8 heavy (non-hydrogen) atoms. The highest BCUT2D eigenvalue weighted by atomic mass is 14.2. The van der Waals surface area contributed by atoms with E-state index in [1.165, 1.54) is 32.0 Å². The molecule has 1 fully saturated rings. The number of hydrogen-bond donors (Lipinski definition) is 0. The van der Waals surface area contributed by atoms with Crippen molar-refractivity contribution in [3.8, 4) is 0 Å². The molecule has 0 atom stereocenters. The van der Waals surface area contributed by atoms with E-state index < -0.39 is 0 Å². The van der Waals surface area contributed by atoms with Crippen molar-refractivity contribution >= 4 is 7.28 Å². The van der Waals surface area contributed by atoms with Gasteiger partial charge in [-0.1, -0.05) is 38.8 Å². The Morgan fingerprint density at radius 1 is 1.50 bits per heavy atom. The van der Waals surface area contributed by atoms with Gasteiger partial charge < -0.3 is 0 Å². The molecular weight excluding hydrogens is 94.9 g/mol. The van der Waals surface area contributed by atoms with Crippen LogP contribution in [0.1, 0.15) is 25.7 Å². The normalized spacial score (nSPS) is 20.1. The van der Waals surface area contributed by atoms with Crippen LogP contribution in [0, 0.1) is 5.92 Å². The fraction of sp³-hybridized carbons (Fsp3) is 1.00. The Bertz CT molecular complexity index is 57.4. The molecule has 45 valence electrons. The molecule has 0 heterocycles. The predicted molar refractivity (Wildman–Crippen MR) is 38.4 cm³/mol. The number of rotatable bonds is 3. The van der Waals surface area contributed by atoms with E-state index >= 15 is 0 Å². The zero-order valence-electron chi connectivity index (χ0n) is 5.69. The summed E-state index contributed by atoms with van der Waals surface area (Å²) in [5.74, 6) is 1.10. The van der Waals surface area contributed by atoms with Gasteiger partial charge in [-0.15, -0.1) is 0 Å². The van der Waals surface area contributed by atoms with Crippen molar-refractivity contribution in [2.24, 2.45) is 5.92 Å². The van der Waals surface area contributed by atoms with E-state index in [0.29, 0.717) is 0 Å². The van der Waals surface area contributed by atoms with Gasteiger partial charge in [0.2, 0.25) is 0 Å². The third-order valence-corrected chi connectivity index (χ3v) is 2.09. The highest BCUT2D eigenvalue weighted by molar-refractivity contribution is 6.33.